The monoisotopic (exact) mass is 396 g/mol. The van der Waals surface area contributed by atoms with Crippen molar-refractivity contribution in [1.82, 2.24) is 0 Å². The van der Waals surface area contributed by atoms with E-state index >= 15 is 0 Å². The van der Waals surface area contributed by atoms with E-state index in [1.807, 2.05) is 0 Å². The Morgan fingerprint density at radius 3 is 2.83 bits per heavy atom. The number of sulfone groups is 1. The molecule has 2 heterocycles. The van der Waals surface area contributed by atoms with E-state index in [-0.39, 0.29) is 27.7 Å². The molecule has 1 aromatic rings. The fourth-order valence-electron chi connectivity index (χ4n) is 2.64. The van der Waals surface area contributed by atoms with Gasteiger partial charge in [-0.3, -0.25) is 4.79 Å². The summed E-state index contributed by atoms with van der Waals surface area (Å²) in [6, 6.07) is 3.76. The van der Waals surface area contributed by atoms with Crippen molar-refractivity contribution in [2.75, 3.05) is 22.3 Å². The lowest BCUT2D eigenvalue weighted by molar-refractivity contribution is -0.115. The Balaban J connectivity index is 2.04. The van der Waals surface area contributed by atoms with Gasteiger partial charge in [-0.2, -0.15) is 4.99 Å². The summed E-state index contributed by atoms with van der Waals surface area (Å²) in [5, 5.41) is 0.0504. The highest BCUT2D eigenvalue weighted by Gasteiger charge is 2.49. The van der Waals surface area contributed by atoms with Crippen LogP contribution in [0, 0.1) is 5.82 Å². The summed E-state index contributed by atoms with van der Waals surface area (Å²) in [6.07, 6.45) is 0. The molecule has 0 aromatic heterocycles. The Morgan fingerprint density at radius 2 is 2.17 bits per heavy atom. The number of carbonyl (C=O) groups excluding carboxylic acids is 1. The molecule has 3 rings (SSSR count). The van der Waals surface area contributed by atoms with Crippen molar-refractivity contribution in [2.45, 2.75) is 11.3 Å². The van der Waals surface area contributed by atoms with Gasteiger partial charge in [-0.25, -0.2) is 12.8 Å². The minimum atomic E-state index is -3.17. The number of amides is 1. The number of hydrogen-bond donors (Lipinski definition) is 0. The lowest BCUT2D eigenvalue weighted by Crippen LogP contribution is -2.37. The zero-order chi connectivity index (χ0) is 16.8. The molecule has 2 atom stereocenters. The second-order valence-electron chi connectivity index (χ2n) is 5.19. The van der Waals surface area contributed by atoms with Crippen LogP contribution in [-0.4, -0.2) is 48.2 Å². The summed E-state index contributed by atoms with van der Waals surface area (Å²) in [5.74, 6) is -1.50. The fraction of sp³-hybridized carbons (Fsp3) is 0.385. The molecule has 1 amide bonds. The highest BCUT2D eigenvalue weighted by molar-refractivity contribution is 8.16. The third-order valence-corrected chi connectivity index (χ3v) is 7.33. The molecule has 10 heteroatoms. The molecule has 2 aliphatic rings. The van der Waals surface area contributed by atoms with Gasteiger partial charge < -0.3 is 4.90 Å². The number of alkyl halides is 1. The van der Waals surface area contributed by atoms with Crippen molar-refractivity contribution < 1.29 is 17.6 Å². The van der Waals surface area contributed by atoms with E-state index < -0.39 is 27.6 Å². The molecule has 0 N–H and O–H groups in total. The van der Waals surface area contributed by atoms with Crippen LogP contribution in [0.2, 0.25) is 5.02 Å². The summed E-state index contributed by atoms with van der Waals surface area (Å²) in [4.78, 5) is 17.0. The van der Waals surface area contributed by atoms with E-state index in [1.165, 1.54) is 23.9 Å². The van der Waals surface area contributed by atoms with Crippen LogP contribution in [0.15, 0.2) is 23.2 Å². The second kappa shape index (κ2) is 6.23. The van der Waals surface area contributed by atoms with Gasteiger partial charge in [0.05, 0.1) is 22.6 Å². The number of anilines is 1. The number of halogens is 3. The molecule has 2 aliphatic heterocycles. The van der Waals surface area contributed by atoms with Crippen molar-refractivity contribution in [3.05, 3.63) is 29.0 Å². The molecule has 0 aliphatic carbocycles. The Bertz CT molecular complexity index is 800. The highest BCUT2D eigenvalue weighted by atomic mass is 35.5. The van der Waals surface area contributed by atoms with E-state index in [0.717, 1.165) is 0 Å². The van der Waals surface area contributed by atoms with Gasteiger partial charge in [0.1, 0.15) is 11.7 Å². The zero-order valence-corrected chi connectivity index (χ0v) is 14.7. The van der Waals surface area contributed by atoms with E-state index in [9.17, 15) is 17.6 Å². The molecular weight excluding hydrogens is 386 g/mol. The molecule has 5 nitrogen and oxygen atoms in total. The van der Waals surface area contributed by atoms with E-state index in [0.29, 0.717) is 10.9 Å². The van der Waals surface area contributed by atoms with Crippen molar-refractivity contribution in [2.24, 2.45) is 4.99 Å². The van der Waals surface area contributed by atoms with Crippen molar-refractivity contribution in [1.29, 1.82) is 0 Å². The van der Waals surface area contributed by atoms with Gasteiger partial charge in [0.25, 0.3) is 5.91 Å². The normalized spacial score (nSPS) is 27.4. The third-order valence-electron chi connectivity index (χ3n) is 3.58. The third kappa shape index (κ3) is 3.35. The number of aliphatic imine (C=N–C) groups is 1. The number of fused-ring (bicyclic) bond motifs is 1. The fourth-order valence-corrected chi connectivity index (χ4v) is 6.75. The Labute approximate surface area is 146 Å². The average molecular weight is 397 g/mol. The zero-order valence-electron chi connectivity index (χ0n) is 11.6. The minimum absolute atomic E-state index is 0.00297. The van der Waals surface area contributed by atoms with Crippen LogP contribution in [0.25, 0.3) is 0 Å². The van der Waals surface area contributed by atoms with Crippen LogP contribution in [-0.2, 0) is 14.6 Å². The summed E-state index contributed by atoms with van der Waals surface area (Å²) in [5.41, 5.74) is 0.408. The second-order valence-corrected chi connectivity index (χ2v) is 9.23. The first-order chi connectivity index (χ1) is 10.8. The largest absolute Gasteiger partial charge is 0.315 e. The SMILES string of the molecule is O=C(CCl)N=C1S[C@H]2CS(=O)(=O)C[C@@H]2N1c1ccc(Cl)c(F)c1. The maximum absolute atomic E-state index is 13.8. The topological polar surface area (TPSA) is 66.8 Å². The van der Waals surface area contributed by atoms with Crippen molar-refractivity contribution in [3.63, 3.8) is 0 Å². The molecule has 23 heavy (non-hydrogen) atoms. The molecule has 0 saturated carbocycles. The lowest BCUT2D eigenvalue weighted by atomic mass is 10.2. The number of carbonyl (C=O) groups is 1. The minimum Gasteiger partial charge on any atom is -0.315 e. The first-order valence-corrected chi connectivity index (χ1v) is 10.2. The van der Waals surface area contributed by atoms with E-state index in [4.69, 9.17) is 23.2 Å². The molecule has 0 spiro atoms. The molecule has 1 aromatic carbocycles. The molecule has 124 valence electrons. The Hall–Kier alpha value is -0.830. The van der Waals surface area contributed by atoms with E-state index in [2.05, 4.69) is 4.99 Å². The van der Waals surface area contributed by atoms with Gasteiger partial charge in [-0.15, -0.1) is 11.6 Å². The van der Waals surface area contributed by atoms with Gasteiger partial charge in [-0.05, 0) is 18.2 Å². The molecule has 0 unspecified atom stereocenters. The number of amidine groups is 1. The molecule has 2 saturated heterocycles. The van der Waals surface area contributed by atoms with Gasteiger partial charge in [-0.1, -0.05) is 23.4 Å². The first kappa shape index (κ1) is 17.0. The van der Waals surface area contributed by atoms with Crippen molar-refractivity contribution in [3.8, 4) is 0 Å². The molecular formula is C13H11Cl2FN2O3S2. The summed E-state index contributed by atoms with van der Waals surface area (Å²) in [6.45, 7) is 0. The van der Waals surface area contributed by atoms with Gasteiger partial charge in [0.15, 0.2) is 15.0 Å². The summed E-state index contributed by atoms with van der Waals surface area (Å²) < 4.78 is 37.5. The number of nitrogens with zero attached hydrogens (tertiary/aromatic N) is 2. The molecule has 0 bridgehead atoms. The predicted molar refractivity (Wildman–Crippen MR) is 90.9 cm³/mol. The molecule has 0 radical (unpaired) electrons. The van der Waals surface area contributed by atoms with Crippen LogP contribution >= 0.6 is 35.0 Å². The van der Waals surface area contributed by atoms with Crippen LogP contribution in [0.4, 0.5) is 10.1 Å². The first-order valence-electron chi connectivity index (χ1n) is 6.59. The van der Waals surface area contributed by atoms with Crippen molar-refractivity contribution >= 4 is 61.6 Å². The number of hydrogen-bond acceptors (Lipinski definition) is 4. The maximum Gasteiger partial charge on any atom is 0.262 e. The van der Waals surface area contributed by atoms with Crippen LogP contribution in [0.5, 0.6) is 0 Å². The van der Waals surface area contributed by atoms with Crippen LogP contribution in [0.3, 0.4) is 0 Å². The number of rotatable bonds is 2. The standard InChI is InChI=1S/C13H11Cl2FN2O3S2/c14-4-12(19)17-13-18(7-1-2-8(15)9(16)3-7)10-5-23(20,21)6-11(10)22-13/h1-3,10-11H,4-6H2/t10-,11-/m0/s1. The predicted octanol–water partition coefficient (Wildman–Crippen LogP) is 2.32. The summed E-state index contributed by atoms with van der Waals surface area (Å²) in [7, 11) is -3.17. The smallest absolute Gasteiger partial charge is 0.262 e. The van der Waals surface area contributed by atoms with Crippen LogP contribution in [0.1, 0.15) is 0 Å². The Kier molecular flexibility index (Phi) is 4.61. The number of thioether (sulfide) groups is 1. The van der Waals surface area contributed by atoms with Gasteiger partial charge >= 0.3 is 0 Å². The summed E-state index contributed by atoms with van der Waals surface area (Å²) >= 11 is 12.4. The maximum atomic E-state index is 13.8. The Morgan fingerprint density at radius 1 is 1.43 bits per heavy atom. The van der Waals surface area contributed by atoms with Gasteiger partial charge in [0, 0.05) is 10.9 Å². The number of benzene rings is 1. The quantitative estimate of drug-likeness (QED) is 0.717. The van der Waals surface area contributed by atoms with Crippen LogP contribution < -0.4 is 4.90 Å². The molecule has 2 fully saturated rings. The lowest BCUT2D eigenvalue weighted by Gasteiger charge is -2.24. The average Bonchev–Trinajstić information content (AvgIpc) is 2.93. The van der Waals surface area contributed by atoms with E-state index in [1.54, 1.807) is 11.0 Å². The highest BCUT2D eigenvalue weighted by Crippen LogP contribution is 2.41. The van der Waals surface area contributed by atoms with Gasteiger partial charge in [0.2, 0.25) is 0 Å².